The van der Waals surface area contributed by atoms with Gasteiger partial charge >= 0.3 is 5.97 Å². The third kappa shape index (κ3) is 5.91. The predicted molar refractivity (Wildman–Crippen MR) is 83.7 cm³/mol. The SMILES string of the molecule is CCS(=O)CCNC(=O)c1ccc(/C=C/C(=O)O)c(C)c1. The summed E-state index contributed by atoms with van der Waals surface area (Å²) in [5.41, 5.74) is 2.07. The first-order chi connectivity index (χ1) is 9.93. The Labute approximate surface area is 126 Å². The van der Waals surface area contributed by atoms with Crippen LogP contribution in [0.3, 0.4) is 0 Å². The molecule has 0 aliphatic heterocycles. The van der Waals surface area contributed by atoms with Crippen molar-refractivity contribution in [2.24, 2.45) is 0 Å². The maximum Gasteiger partial charge on any atom is 0.328 e. The van der Waals surface area contributed by atoms with Crippen molar-refractivity contribution in [3.63, 3.8) is 0 Å². The molecule has 1 aromatic rings. The molecule has 0 aromatic heterocycles. The summed E-state index contributed by atoms with van der Waals surface area (Å²) in [6.07, 6.45) is 2.55. The smallest absolute Gasteiger partial charge is 0.328 e. The Kier molecular flexibility index (Phi) is 6.81. The van der Waals surface area contributed by atoms with Crippen molar-refractivity contribution in [2.45, 2.75) is 13.8 Å². The zero-order valence-electron chi connectivity index (χ0n) is 12.1. The van der Waals surface area contributed by atoms with E-state index in [4.69, 9.17) is 5.11 Å². The molecule has 0 saturated carbocycles. The van der Waals surface area contributed by atoms with Crippen molar-refractivity contribution in [3.05, 3.63) is 41.0 Å². The lowest BCUT2D eigenvalue weighted by Crippen LogP contribution is -2.28. The Hall–Kier alpha value is -1.95. The Morgan fingerprint density at radius 1 is 1.38 bits per heavy atom. The van der Waals surface area contributed by atoms with Gasteiger partial charge < -0.3 is 10.4 Å². The molecular weight excluding hydrogens is 290 g/mol. The standard InChI is InChI=1S/C15H19NO4S/c1-3-21(20)9-8-16-15(19)13-5-4-12(11(2)10-13)6-7-14(17)18/h4-7,10H,3,8-9H2,1-2H3,(H,16,19)(H,17,18)/b7-6+. The number of carbonyl (C=O) groups excluding carboxylic acids is 1. The number of nitrogens with one attached hydrogen (secondary N) is 1. The number of carboxylic acids is 1. The Morgan fingerprint density at radius 3 is 2.67 bits per heavy atom. The second-order valence-corrected chi connectivity index (χ2v) is 6.30. The third-order valence-electron chi connectivity index (χ3n) is 2.87. The van der Waals surface area contributed by atoms with Crippen LogP contribution in [0.25, 0.3) is 6.08 Å². The zero-order chi connectivity index (χ0) is 15.8. The molecule has 2 N–H and O–H groups in total. The molecule has 0 aliphatic carbocycles. The molecule has 1 aromatic carbocycles. The van der Waals surface area contributed by atoms with Gasteiger partial charge in [-0.2, -0.15) is 0 Å². The van der Waals surface area contributed by atoms with Crippen LogP contribution in [0, 0.1) is 6.92 Å². The fraction of sp³-hybridized carbons (Fsp3) is 0.333. The lowest BCUT2D eigenvalue weighted by atomic mass is 10.0. The first-order valence-corrected chi connectivity index (χ1v) is 8.07. The molecule has 0 aliphatic rings. The van der Waals surface area contributed by atoms with Crippen molar-refractivity contribution < 1.29 is 18.9 Å². The molecule has 1 amide bonds. The number of carbonyl (C=O) groups is 2. The van der Waals surface area contributed by atoms with E-state index in [1.54, 1.807) is 18.2 Å². The van der Waals surface area contributed by atoms with Crippen molar-refractivity contribution in [3.8, 4) is 0 Å². The van der Waals surface area contributed by atoms with Gasteiger partial charge in [-0.1, -0.05) is 13.0 Å². The van der Waals surface area contributed by atoms with Gasteiger partial charge in [0.1, 0.15) is 0 Å². The van der Waals surface area contributed by atoms with Gasteiger partial charge in [0.2, 0.25) is 0 Å². The van der Waals surface area contributed by atoms with Gasteiger partial charge in [-0.25, -0.2) is 4.79 Å². The zero-order valence-corrected chi connectivity index (χ0v) is 12.9. The van der Waals surface area contributed by atoms with E-state index in [2.05, 4.69) is 5.32 Å². The molecule has 0 fully saturated rings. The molecule has 0 radical (unpaired) electrons. The molecule has 0 spiro atoms. The van der Waals surface area contributed by atoms with Crippen LogP contribution in [0.2, 0.25) is 0 Å². The summed E-state index contributed by atoms with van der Waals surface area (Å²) in [5, 5.41) is 11.3. The lowest BCUT2D eigenvalue weighted by molar-refractivity contribution is -0.131. The summed E-state index contributed by atoms with van der Waals surface area (Å²) in [5.74, 6) is -0.208. The fourth-order valence-electron chi connectivity index (χ4n) is 1.69. The van der Waals surface area contributed by atoms with E-state index in [1.165, 1.54) is 6.08 Å². The highest BCUT2D eigenvalue weighted by Gasteiger charge is 2.07. The molecule has 0 heterocycles. The van der Waals surface area contributed by atoms with Gasteiger partial charge in [-0.3, -0.25) is 9.00 Å². The summed E-state index contributed by atoms with van der Waals surface area (Å²) in [7, 11) is -0.895. The summed E-state index contributed by atoms with van der Waals surface area (Å²) in [6.45, 7) is 4.02. The van der Waals surface area contributed by atoms with Crippen LogP contribution in [0.4, 0.5) is 0 Å². The van der Waals surface area contributed by atoms with E-state index in [-0.39, 0.29) is 5.91 Å². The monoisotopic (exact) mass is 309 g/mol. The molecule has 21 heavy (non-hydrogen) atoms. The van der Waals surface area contributed by atoms with Gasteiger partial charge in [-0.15, -0.1) is 0 Å². The summed E-state index contributed by atoms with van der Waals surface area (Å²) in [4.78, 5) is 22.4. The summed E-state index contributed by atoms with van der Waals surface area (Å²) in [6, 6.07) is 5.04. The predicted octanol–water partition coefficient (Wildman–Crippen LogP) is 1.59. The van der Waals surface area contributed by atoms with Crippen LogP contribution < -0.4 is 5.32 Å². The molecule has 114 valence electrons. The van der Waals surface area contributed by atoms with E-state index in [0.29, 0.717) is 23.6 Å². The summed E-state index contributed by atoms with van der Waals surface area (Å²) < 4.78 is 11.3. The third-order valence-corrected chi connectivity index (χ3v) is 4.18. The van der Waals surface area contributed by atoms with Crippen LogP contribution in [-0.4, -0.2) is 39.2 Å². The average molecular weight is 309 g/mol. The van der Waals surface area contributed by atoms with Crippen LogP contribution in [0.15, 0.2) is 24.3 Å². The minimum absolute atomic E-state index is 0.222. The van der Waals surface area contributed by atoms with E-state index < -0.39 is 16.8 Å². The molecular formula is C15H19NO4S. The van der Waals surface area contributed by atoms with E-state index >= 15 is 0 Å². The largest absolute Gasteiger partial charge is 0.478 e. The maximum absolute atomic E-state index is 11.9. The average Bonchev–Trinajstić information content (AvgIpc) is 2.45. The lowest BCUT2D eigenvalue weighted by Gasteiger charge is -2.07. The van der Waals surface area contributed by atoms with E-state index in [1.807, 2.05) is 13.8 Å². The quantitative estimate of drug-likeness (QED) is 0.749. The molecule has 1 unspecified atom stereocenters. The molecule has 1 rings (SSSR count). The van der Waals surface area contributed by atoms with Crippen molar-refractivity contribution in [1.82, 2.24) is 5.32 Å². The number of hydrogen-bond donors (Lipinski definition) is 2. The van der Waals surface area contributed by atoms with Gasteiger partial charge in [0.25, 0.3) is 5.91 Å². The van der Waals surface area contributed by atoms with Gasteiger partial charge in [-0.05, 0) is 36.3 Å². The first-order valence-electron chi connectivity index (χ1n) is 6.59. The molecule has 5 nitrogen and oxygen atoms in total. The molecule has 0 saturated heterocycles. The van der Waals surface area contributed by atoms with Crippen LogP contribution >= 0.6 is 0 Å². The summed E-state index contributed by atoms with van der Waals surface area (Å²) >= 11 is 0. The topological polar surface area (TPSA) is 83.5 Å². The molecule has 0 bridgehead atoms. The molecule has 6 heteroatoms. The first kappa shape index (κ1) is 17.1. The number of aryl methyl sites for hydroxylation is 1. The minimum atomic E-state index is -1.01. The number of hydrogen-bond acceptors (Lipinski definition) is 3. The molecule has 1 atom stereocenters. The normalized spacial score (nSPS) is 12.3. The number of rotatable bonds is 7. The van der Waals surface area contributed by atoms with Gasteiger partial charge in [0.05, 0.1) is 0 Å². The van der Waals surface area contributed by atoms with Crippen LogP contribution in [0.1, 0.15) is 28.4 Å². The van der Waals surface area contributed by atoms with E-state index in [9.17, 15) is 13.8 Å². The van der Waals surface area contributed by atoms with E-state index in [0.717, 1.165) is 17.2 Å². The fourth-order valence-corrected chi connectivity index (χ4v) is 2.31. The maximum atomic E-state index is 11.9. The highest BCUT2D eigenvalue weighted by atomic mass is 32.2. The van der Waals surface area contributed by atoms with Gasteiger partial charge in [0.15, 0.2) is 0 Å². The number of aliphatic carboxylic acids is 1. The second kappa shape index (κ2) is 8.36. The Balaban J connectivity index is 2.68. The number of benzene rings is 1. The van der Waals surface area contributed by atoms with Gasteiger partial charge in [0, 0.05) is 40.5 Å². The van der Waals surface area contributed by atoms with Crippen LogP contribution in [0.5, 0.6) is 0 Å². The van der Waals surface area contributed by atoms with Crippen molar-refractivity contribution in [2.75, 3.05) is 18.1 Å². The second-order valence-electron chi connectivity index (χ2n) is 4.43. The Morgan fingerprint density at radius 2 is 2.10 bits per heavy atom. The number of carboxylic acid groups (broad SMARTS) is 1. The van der Waals surface area contributed by atoms with Crippen molar-refractivity contribution >= 4 is 28.8 Å². The van der Waals surface area contributed by atoms with Crippen LogP contribution in [-0.2, 0) is 15.6 Å². The highest BCUT2D eigenvalue weighted by Crippen LogP contribution is 2.13. The van der Waals surface area contributed by atoms with Crippen molar-refractivity contribution in [1.29, 1.82) is 0 Å². The highest BCUT2D eigenvalue weighted by molar-refractivity contribution is 7.84. The Bertz CT molecular complexity index is 581. The minimum Gasteiger partial charge on any atom is -0.478 e. The number of amides is 1.